The SMILES string of the molecule is CC(C)(C)OC(=O)Cc1ccc(N2CCNC(=O)C2)cc1. The first-order valence-electron chi connectivity index (χ1n) is 7.16. The van der Waals surface area contributed by atoms with Gasteiger partial charge < -0.3 is 15.0 Å². The maximum Gasteiger partial charge on any atom is 0.310 e. The summed E-state index contributed by atoms with van der Waals surface area (Å²) in [6.07, 6.45) is 0.262. The molecule has 1 fully saturated rings. The van der Waals surface area contributed by atoms with E-state index in [1.165, 1.54) is 0 Å². The predicted molar refractivity (Wildman–Crippen MR) is 81.2 cm³/mol. The Morgan fingerprint density at radius 3 is 2.52 bits per heavy atom. The lowest BCUT2D eigenvalue weighted by Crippen LogP contribution is -2.47. The second kappa shape index (κ2) is 6.16. The van der Waals surface area contributed by atoms with Crippen LogP contribution in [0, 0.1) is 0 Å². The Hall–Kier alpha value is -2.04. The van der Waals surface area contributed by atoms with Gasteiger partial charge in [-0.15, -0.1) is 0 Å². The number of esters is 1. The van der Waals surface area contributed by atoms with E-state index in [2.05, 4.69) is 5.32 Å². The molecule has 1 aliphatic heterocycles. The van der Waals surface area contributed by atoms with E-state index in [1.54, 1.807) is 0 Å². The third-order valence-corrected chi connectivity index (χ3v) is 3.11. The average Bonchev–Trinajstić information content (AvgIpc) is 2.37. The fourth-order valence-corrected chi connectivity index (χ4v) is 2.23. The molecule has 0 saturated carbocycles. The van der Waals surface area contributed by atoms with Crippen molar-refractivity contribution in [1.82, 2.24) is 5.32 Å². The van der Waals surface area contributed by atoms with E-state index >= 15 is 0 Å². The zero-order valence-electron chi connectivity index (χ0n) is 12.8. The molecule has 5 heteroatoms. The molecule has 1 N–H and O–H groups in total. The summed E-state index contributed by atoms with van der Waals surface area (Å²) in [5.41, 5.74) is 1.45. The molecule has 0 bridgehead atoms. The van der Waals surface area contributed by atoms with Crippen LogP contribution < -0.4 is 10.2 Å². The fourth-order valence-electron chi connectivity index (χ4n) is 2.23. The van der Waals surface area contributed by atoms with Crippen LogP contribution in [0.4, 0.5) is 5.69 Å². The number of hydrogen-bond acceptors (Lipinski definition) is 4. The number of carbonyl (C=O) groups excluding carboxylic acids is 2. The highest BCUT2D eigenvalue weighted by Gasteiger charge is 2.18. The van der Waals surface area contributed by atoms with E-state index in [0.717, 1.165) is 17.8 Å². The molecule has 1 aliphatic rings. The van der Waals surface area contributed by atoms with Crippen molar-refractivity contribution in [2.75, 3.05) is 24.5 Å². The molecule has 114 valence electrons. The van der Waals surface area contributed by atoms with Gasteiger partial charge in [-0.05, 0) is 38.5 Å². The van der Waals surface area contributed by atoms with E-state index in [1.807, 2.05) is 49.9 Å². The van der Waals surface area contributed by atoms with Crippen molar-refractivity contribution < 1.29 is 14.3 Å². The number of ether oxygens (including phenoxy) is 1. The highest BCUT2D eigenvalue weighted by atomic mass is 16.6. The normalized spacial score (nSPS) is 15.6. The van der Waals surface area contributed by atoms with Crippen LogP contribution in [0.1, 0.15) is 26.3 Å². The molecule has 0 unspecified atom stereocenters. The van der Waals surface area contributed by atoms with Crippen LogP contribution >= 0.6 is 0 Å². The van der Waals surface area contributed by atoms with Crippen molar-refractivity contribution in [3.05, 3.63) is 29.8 Å². The summed E-state index contributed by atoms with van der Waals surface area (Å²) in [6, 6.07) is 7.70. The molecule has 1 aromatic carbocycles. The number of hydrogen-bond donors (Lipinski definition) is 1. The van der Waals surface area contributed by atoms with E-state index in [0.29, 0.717) is 13.1 Å². The van der Waals surface area contributed by atoms with Gasteiger partial charge in [-0.1, -0.05) is 12.1 Å². The van der Waals surface area contributed by atoms with Gasteiger partial charge in [-0.2, -0.15) is 0 Å². The minimum atomic E-state index is -0.460. The zero-order valence-corrected chi connectivity index (χ0v) is 12.8. The number of amides is 1. The number of carbonyl (C=O) groups is 2. The van der Waals surface area contributed by atoms with Gasteiger partial charge in [0.25, 0.3) is 0 Å². The number of piperazine rings is 1. The third kappa shape index (κ3) is 4.77. The zero-order chi connectivity index (χ0) is 15.5. The molecule has 0 radical (unpaired) electrons. The number of nitrogens with zero attached hydrogens (tertiary/aromatic N) is 1. The van der Waals surface area contributed by atoms with E-state index in [4.69, 9.17) is 4.74 Å². The van der Waals surface area contributed by atoms with Crippen molar-refractivity contribution >= 4 is 17.6 Å². The van der Waals surface area contributed by atoms with Crippen molar-refractivity contribution in [1.29, 1.82) is 0 Å². The van der Waals surface area contributed by atoms with Crippen LogP contribution in [0.5, 0.6) is 0 Å². The summed E-state index contributed by atoms with van der Waals surface area (Å²) in [7, 11) is 0. The quantitative estimate of drug-likeness (QED) is 0.857. The molecule has 2 rings (SSSR count). The maximum absolute atomic E-state index is 11.8. The highest BCUT2D eigenvalue weighted by Crippen LogP contribution is 2.17. The molecular weight excluding hydrogens is 268 g/mol. The highest BCUT2D eigenvalue weighted by molar-refractivity contribution is 5.82. The minimum absolute atomic E-state index is 0.0408. The molecule has 0 atom stereocenters. The summed E-state index contributed by atoms with van der Waals surface area (Å²) in [6.45, 7) is 7.42. The van der Waals surface area contributed by atoms with Crippen LogP contribution in [0.15, 0.2) is 24.3 Å². The van der Waals surface area contributed by atoms with Crippen LogP contribution in [0.25, 0.3) is 0 Å². The van der Waals surface area contributed by atoms with Gasteiger partial charge in [0, 0.05) is 18.8 Å². The average molecular weight is 290 g/mol. The third-order valence-electron chi connectivity index (χ3n) is 3.11. The molecule has 1 heterocycles. The van der Waals surface area contributed by atoms with E-state index in [9.17, 15) is 9.59 Å². The van der Waals surface area contributed by atoms with Crippen LogP contribution in [0.3, 0.4) is 0 Å². The van der Waals surface area contributed by atoms with Gasteiger partial charge in [-0.3, -0.25) is 9.59 Å². The number of benzene rings is 1. The van der Waals surface area contributed by atoms with Gasteiger partial charge in [0.1, 0.15) is 5.60 Å². The van der Waals surface area contributed by atoms with E-state index in [-0.39, 0.29) is 18.3 Å². The largest absolute Gasteiger partial charge is 0.460 e. The molecule has 0 aromatic heterocycles. The second-order valence-corrected chi connectivity index (χ2v) is 6.20. The Morgan fingerprint density at radius 2 is 1.95 bits per heavy atom. The topological polar surface area (TPSA) is 58.6 Å². The van der Waals surface area contributed by atoms with E-state index < -0.39 is 5.60 Å². The first-order valence-corrected chi connectivity index (χ1v) is 7.16. The first-order chi connectivity index (χ1) is 9.83. The van der Waals surface area contributed by atoms with Crippen LogP contribution in [-0.4, -0.2) is 37.1 Å². The fraction of sp³-hybridized carbons (Fsp3) is 0.500. The summed E-state index contributed by atoms with van der Waals surface area (Å²) in [4.78, 5) is 25.2. The molecular formula is C16H22N2O3. The molecule has 1 saturated heterocycles. The molecule has 1 amide bonds. The molecule has 1 aromatic rings. The van der Waals surface area contributed by atoms with Crippen LogP contribution in [-0.2, 0) is 20.7 Å². The predicted octanol–water partition coefficient (Wildman–Crippen LogP) is 1.51. The summed E-state index contributed by atoms with van der Waals surface area (Å²) in [5, 5.41) is 2.80. The minimum Gasteiger partial charge on any atom is -0.460 e. The standard InChI is InChI=1S/C16H22N2O3/c1-16(2,3)21-15(20)10-12-4-6-13(7-5-12)18-9-8-17-14(19)11-18/h4-7H,8-11H2,1-3H3,(H,17,19). The maximum atomic E-state index is 11.8. The molecule has 0 spiro atoms. The lowest BCUT2D eigenvalue weighted by molar-refractivity contribution is -0.153. The number of rotatable bonds is 3. The Balaban J connectivity index is 1.95. The lowest BCUT2D eigenvalue weighted by atomic mass is 10.1. The van der Waals surface area contributed by atoms with Gasteiger partial charge in [0.05, 0.1) is 13.0 Å². The Labute approximate surface area is 125 Å². The number of anilines is 1. The number of nitrogens with one attached hydrogen (secondary N) is 1. The van der Waals surface area contributed by atoms with Crippen molar-refractivity contribution in [3.63, 3.8) is 0 Å². The first kappa shape index (κ1) is 15.4. The smallest absolute Gasteiger partial charge is 0.310 e. The Bertz CT molecular complexity index is 517. The van der Waals surface area contributed by atoms with Crippen molar-refractivity contribution in [2.45, 2.75) is 32.8 Å². The summed E-state index contributed by atoms with van der Waals surface area (Å²) < 4.78 is 5.30. The van der Waals surface area contributed by atoms with Gasteiger partial charge in [0.15, 0.2) is 0 Å². The van der Waals surface area contributed by atoms with Crippen molar-refractivity contribution in [3.8, 4) is 0 Å². The molecule has 5 nitrogen and oxygen atoms in total. The second-order valence-electron chi connectivity index (χ2n) is 6.20. The summed E-state index contributed by atoms with van der Waals surface area (Å²) in [5.74, 6) is -0.188. The molecule has 21 heavy (non-hydrogen) atoms. The Kier molecular flexibility index (Phi) is 4.50. The summed E-state index contributed by atoms with van der Waals surface area (Å²) >= 11 is 0. The Morgan fingerprint density at radius 1 is 1.29 bits per heavy atom. The van der Waals surface area contributed by atoms with Crippen LogP contribution in [0.2, 0.25) is 0 Å². The molecule has 0 aliphatic carbocycles. The van der Waals surface area contributed by atoms with Gasteiger partial charge >= 0.3 is 5.97 Å². The lowest BCUT2D eigenvalue weighted by Gasteiger charge is -2.28. The van der Waals surface area contributed by atoms with Gasteiger partial charge in [-0.25, -0.2) is 0 Å². The monoisotopic (exact) mass is 290 g/mol. The van der Waals surface area contributed by atoms with Crippen molar-refractivity contribution in [2.24, 2.45) is 0 Å². The van der Waals surface area contributed by atoms with Gasteiger partial charge in [0.2, 0.25) is 5.91 Å².